The molecule has 66 heavy (non-hydrogen) atoms. The maximum Gasteiger partial charge on any atom is 0.279 e. The molecule has 358 valence electrons. The number of aromatic nitrogens is 8. The van der Waals surface area contributed by atoms with Crippen molar-refractivity contribution in [1.82, 2.24) is 64.4 Å². The van der Waals surface area contributed by atoms with E-state index < -0.39 is 0 Å². The van der Waals surface area contributed by atoms with E-state index in [4.69, 9.17) is 11.5 Å². The summed E-state index contributed by atoms with van der Waals surface area (Å²) in [7, 11) is 0. The number of amidine groups is 1. The molecule has 0 saturated carbocycles. The van der Waals surface area contributed by atoms with Crippen molar-refractivity contribution in [3.05, 3.63) is 109 Å². The number of rotatable bonds is 0. The fourth-order valence-corrected chi connectivity index (χ4v) is 6.27. The number of amides is 2. The van der Waals surface area contributed by atoms with Gasteiger partial charge >= 0.3 is 0 Å². The summed E-state index contributed by atoms with van der Waals surface area (Å²) in [5.41, 5.74) is 14.0. The molecule has 7 heterocycles. The zero-order valence-corrected chi connectivity index (χ0v) is 42.0. The van der Waals surface area contributed by atoms with Crippen LogP contribution < -0.4 is 27.7 Å². The van der Waals surface area contributed by atoms with E-state index in [0.717, 1.165) is 5.65 Å². The van der Waals surface area contributed by atoms with Crippen LogP contribution in [-0.2, 0) is 20.7 Å². The minimum absolute atomic E-state index is 0.0117. The van der Waals surface area contributed by atoms with Gasteiger partial charge in [-0.15, -0.1) is 0 Å². The highest BCUT2D eigenvalue weighted by Gasteiger charge is 2.27. The Morgan fingerprint density at radius 2 is 1.09 bits per heavy atom. The molecule has 0 saturated heterocycles. The molecule has 0 radical (unpaired) electrons. The number of nitrogens with zero attached hydrogens (tertiary/aromatic N) is 11. The number of aryl methyl sites for hydroxylation is 1. The summed E-state index contributed by atoms with van der Waals surface area (Å²) in [6, 6.07) is 0. The lowest BCUT2D eigenvalue weighted by Crippen LogP contribution is -2.46. The monoisotopic (exact) mass is 909 g/mol. The van der Waals surface area contributed by atoms with Gasteiger partial charge in [-0.25, -0.2) is 29.9 Å². The summed E-state index contributed by atoms with van der Waals surface area (Å²) in [6.45, 7) is 46.0. The smallest absolute Gasteiger partial charge is 0.279 e. The number of anilines is 1. The number of fused-ring (bicyclic) bond motifs is 2. The number of nitrogen functional groups attached to an aromatic ring is 1. The topological polar surface area (TPSA) is 239 Å². The Morgan fingerprint density at radius 3 is 1.59 bits per heavy atom. The molecule has 3 aliphatic heterocycles. The Bertz CT molecular complexity index is 2640. The SMILES string of the molecule is C=C1N=C(N)C=CN1C(C)(C)C.C=C1NC(=O)C(C)=CN1C(C)(C)C.C=C1NC(=O)C=CN1C(C)(C)C.CC(C)(C)n1cnc2c(N)ncnc21.Cc1nc2c(ncn2C(C)(C)C)c(=O)[nH]1. The third-order valence-electron chi connectivity index (χ3n) is 9.59. The van der Waals surface area contributed by atoms with Crippen molar-refractivity contribution in [3.8, 4) is 0 Å². The molecule has 19 heteroatoms. The number of nitrogens with two attached hydrogens (primary N) is 2. The van der Waals surface area contributed by atoms with Gasteiger partial charge < -0.3 is 50.9 Å². The Morgan fingerprint density at radius 1 is 0.591 bits per heavy atom. The number of imidazole rings is 2. The normalized spacial score (nSPS) is 15.6. The zero-order chi connectivity index (χ0) is 50.5. The van der Waals surface area contributed by atoms with Crippen LogP contribution in [0.5, 0.6) is 0 Å². The molecule has 0 fully saturated rings. The molecule has 4 aromatic rings. The van der Waals surface area contributed by atoms with E-state index in [9.17, 15) is 14.4 Å². The molecule has 2 amide bonds. The van der Waals surface area contributed by atoms with Crippen LogP contribution in [0.3, 0.4) is 0 Å². The lowest BCUT2D eigenvalue weighted by molar-refractivity contribution is -0.118. The molecule has 0 spiro atoms. The van der Waals surface area contributed by atoms with E-state index in [0.29, 0.717) is 57.2 Å². The summed E-state index contributed by atoms with van der Waals surface area (Å²) in [4.78, 5) is 66.9. The fourth-order valence-electron chi connectivity index (χ4n) is 6.27. The van der Waals surface area contributed by atoms with Gasteiger partial charge in [0.2, 0.25) is 0 Å². The van der Waals surface area contributed by atoms with Gasteiger partial charge in [-0.3, -0.25) is 14.4 Å². The summed E-state index contributed by atoms with van der Waals surface area (Å²) in [6.07, 6.45) is 13.6. The lowest BCUT2D eigenvalue weighted by Gasteiger charge is -2.38. The number of aliphatic imine (C=N–C) groups is 1. The first kappa shape index (κ1) is 53.3. The van der Waals surface area contributed by atoms with E-state index in [-0.39, 0.29) is 45.1 Å². The molecule has 0 bridgehead atoms. The highest BCUT2D eigenvalue weighted by Crippen LogP contribution is 2.25. The van der Waals surface area contributed by atoms with Crippen molar-refractivity contribution < 1.29 is 9.59 Å². The summed E-state index contributed by atoms with van der Waals surface area (Å²) in [5, 5.41) is 5.35. The maximum atomic E-state index is 11.6. The number of carbonyl (C=O) groups excluding carboxylic acids is 2. The standard InChI is InChI=1S/C10H14N4O.C10H16N2O.C9H13N5.C9H15N3.C9H14N2O/c1-6-12-8-7(9(15)13-6)11-5-14(8)10(2,3)4;1-7-6-12(10(3,4)5)8(2)11-9(7)13;1-9(2,3)14-5-13-6-7(10)11-4-12-8(6)14;1-7-11-8(10)5-6-12(7)9(2,3)4;1-7-10-8(12)5-6-11(7)9(2,3)4/h5H,1-4H3,(H,12,13,15);6H,2H2,1,3-5H3,(H,11,13);4-5H,1-3H3,(H2,10,11,12);5-6H,1H2,2-4H3,(H2,10,11);5-6H,1H2,2-4H3,(H,10,12). The Hall–Kier alpha value is -7.05. The van der Waals surface area contributed by atoms with Gasteiger partial charge in [0.1, 0.15) is 41.0 Å². The summed E-state index contributed by atoms with van der Waals surface area (Å²) >= 11 is 0. The summed E-state index contributed by atoms with van der Waals surface area (Å²) in [5.74, 6) is 3.35. The zero-order valence-electron chi connectivity index (χ0n) is 42.0. The number of nitrogens with one attached hydrogen (secondary N) is 3. The third kappa shape index (κ3) is 14.0. The fraction of sp³-hybridized carbons (Fsp3) is 0.468. The van der Waals surface area contributed by atoms with Crippen LogP contribution in [0, 0.1) is 6.92 Å². The average molecular weight is 909 g/mol. The minimum Gasteiger partial charge on any atom is -0.384 e. The van der Waals surface area contributed by atoms with Crippen LogP contribution in [0.15, 0.2) is 102 Å². The Labute approximate surface area is 389 Å². The predicted octanol–water partition coefficient (Wildman–Crippen LogP) is 6.58. The van der Waals surface area contributed by atoms with Crippen LogP contribution in [0.4, 0.5) is 5.82 Å². The Kier molecular flexibility index (Phi) is 16.1. The van der Waals surface area contributed by atoms with E-state index >= 15 is 0 Å². The van der Waals surface area contributed by atoms with Crippen molar-refractivity contribution >= 4 is 45.8 Å². The van der Waals surface area contributed by atoms with Gasteiger partial charge in [-0.1, -0.05) is 19.7 Å². The number of H-pyrrole nitrogens is 1. The van der Waals surface area contributed by atoms with E-state index in [1.165, 1.54) is 12.4 Å². The molecular weight excluding hydrogens is 837 g/mol. The lowest BCUT2D eigenvalue weighted by atomic mass is 10.1. The minimum atomic E-state index is -0.180. The largest absolute Gasteiger partial charge is 0.384 e. The van der Waals surface area contributed by atoms with Gasteiger partial charge in [0.25, 0.3) is 17.4 Å². The molecular formula is C47H72N16O3. The van der Waals surface area contributed by atoms with Crippen LogP contribution in [0.1, 0.15) is 117 Å². The van der Waals surface area contributed by atoms with Crippen LogP contribution >= 0.6 is 0 Å². The van der Waals surface area contributed by atoms with E-state index in [2.05, 4.69) is 148 Å². The van der Waals surface area contributed by atoms with Gasteiger partial charge in [-0.05, 0) is 124 Å². The van der Waals surface area contributed by atoms with Crippen LogP contribution in [0.2, 0.25) is 0 Å². The number of hydrogen-bond donors (Lipinski definition) is 5. The molecule has 4 aromatic heterocycles. The molecule has 0 aliphatic carbocycles. The summed E-state index contributed by atoms with van der Waals surface area (Å²) < 4.78 is 3.89. The van der Waals surface area contributed by atoms with Gasteiger partial charge in [0.05, 0.1) is 12.7 Å². The quantitative estimate of drug-likeness (QED) is 0.125. The molecule has 3 aliphatic rings. The van der Waals surface area contributed by atoms with Crippen LogP contribution in [-0.4, -0.2) is 88.0 Å². The van der Waals surface area contributed by atoms with Crippen molar-refractivity contribution in [1.29, 1.82) is 0 Å². The second kappa shape index (κ2) is 20.0. The molecule has 19 nitrogen and oxygen atoms in total. The number of aromatic amines is 1. The second-order valence-electron chi connectivity index (χ2n) is 20.7. The molecule has 7 N–H and O–H groups in total. The number of carbonyl (C=O) groups is 2. The predicted molar refractivity (Wildman–Crippen MR) is 265 cm³/mol. The van der Waals surface area contributed by atoms with Crippen molar-refractivity contribution in [3.63, 3.8) is 0 Å². The highest BCUT2D eigenvalue weighted by molar-refractivity contribution is 5.95. The van der Waals surface area contributed by atoms with Crippen molar-refractivity contribution in [2.45, 2.75) is 145 Å². The van der Waals surface area contributed by atoms with Crippen molar-refractivity contribution in [2.24, 2.45) is 10.7 Å². The molecule has 0 unspecified atom stereocenters. The Balaban J connectivity index is 0.000000220. The van der Waals surface area contributed by atoms with Crippen molar-refractivity contribution in [2.75, 3.05) is 5.73 Å². The van der Waals surface area contributed by atoms with Gasteiger partial charge in [0.15, 0.2) is 22.6 Å². The second-order valence-corrected chi connectivity index (χ2v) is 20.7. The highest BCUT2D eigenvalue weighted by atomic mass is 16.2. The first-order chi connectivity index (χ1) is 30.0. The molecule has 7 rings (SSSR count). The maximum absolute atomic E-state index is 11.6. The third-order valence-corrected chi connectivity index (χ3v) is 9.59. The van der Waals surface area contributed by atoms with E-state index in [1.54, 1.807) is 38.8 Å². The first-order valence-electron chi connectivity index (χ1n) is 21.4. The number of hydrogen-bond acceptors (Lipinski definition) is 14. The molecule has 0 aromatic carbocycles. The molecule has 0 atom stereocenters. The van der Waals surface area contributed by atoms with E-state index in [1.807, 2.05) is 57.0 Å². The first-order valence-corrected chi connectivity index (χ1v) is 21.4. The van der Waals surface area contributed by atoms with Gasteiger partial charge in [-0.2, -0.15) is 0 Å². The van der Waals surface area contributed by atoms with Crippen LogP contribution in [0.25, 0.3) is 22.3 Å². The van der Waals surface area contributed by atoms with Gasteiger partial charge in [0, 0.05) is 57.9 Å². The average Bonchev–Trinajstić information content (AvgIpc) is 3.79.